The van der Waals surface area contributed by atoms with E-state index < -0.39 is 0 Å². The summed E-state index contributed by atoms with van der Waals surface area (Å²) < 4.78 is 5.41. The molecule has 40 heavy (non-hydrogen) atoms. The van der Waals surface area contributed by atoms with Crippen LogP contribution in [0.4, 0.5) is 0 Å². The van der Waals surface area contributed by atoms with Crippen molar-refractivity contribution in [2.24, 2.45) is 57.8 Å². The Morgan fingerprint density at radius 2 is 1.65 bits per heavy atom. The van der Waals surface area contributed by atoms with Crippen LogP contribution < -0.4 is 16.8 Å². The molecule has 0 radical (unpaired) electrons. The van der Waals surface area contributed by atoms with Crippen LogP contribution in [0.3, 0.4) is 0 Å². The molecule has 0 bridgehead atoms. The van der Waals surface area contributed by atoms with Crippen LogP contribution in [0.2, 0.25) is 0 Å². The van der Waals surface area contributed by atoms with E-state index >= 15 is 0 Å². The van der Waals surface area contributed by atoms with E-state index in [0.29, 0.717) is 66.5 Å². The first-order valence-electron chi connectivity index (χ1n) is 16.8. The molecule has 0 saturated heterocycles. The Kier molecular flexibility index (Phi) is 11.0. The Morgan fingerprint density at radius 3 is 2.33 bits per heavy atom. The van der Waals surface area contributed by atoms with Crippen LogP contribution in [-0.4, -0.2) is 73.5 Å². The van der Waals surface area contributed by atoms with Crippen molar-refractivity contribution in [1.82, 2.24) is 10.2 Å². The Hall–Kier alpha value is -0.730. The minimum atomic E-state index is -0.175. The zero-order valence-corrected chi connectivity index (χ0v) is 26.4. The van der Waals surface area contributed by atoms with Gasteiger partial charge in [0, 0.05) is 51.7 Å². The van der Waals surface area contributed by atoms with Crippen molar-refractivity contribution in [3.63, 3.8) is 0 Å². The van der Waals surface area contributed by atoms with Gasteiger partial charge in [0.15, 0.2) is 0 Å². The molecule has 0 spiro atoms. The molecule has 7 nitrogen and oxygen atoms in total. The third-order valence-corrected chi connectivity index (χ3v) is 12.4. The van der Waals surface area contributed by atoms with Crippen molar-refractivity contribution >= 4 is 5.97 Å². The molecule has 0 aromatic rings. The van der Waals surface area contributed by atoms with E-state index in [2.05, 4.69) is 31.0 Å². The van der Waals surface area contributed by atoms with Crippen molar-refractivity contribution in [1.29, 1.82) is 0 Å². The van der Waals surface area contributed by atoms with Gasteiger partial charge >= 0.3 is 5.97 Å². The fourth-order valence-corrected chi connectivity index (χ4v) is 10.4. The van der Waals surface area contributed by atoms with E-state index in [1.807, 2.05) is 13.8 Å². The molecule has 0 aromatic heterocycles. The fraction of sp³-hybridized carbons (Fsp3) is 0.970. The molecule has 7 heteroatoms. The van der Waals surface area contributed by atoms with Crippen LogP contribution in [-0.2, 0) is 9.53 Å². The molecular weight excluding hydrogens is 500 g/mol. The fourth-order valence-electron chi connectivity index (χ4n) is 10.4. The SMILES string of the molecule is CC(C)OC(=O)CC[C@@H](C)[C@H]1CCC2C3C(CC[C@@]21C)[C@@]1(C)CC[C@H](NCCN(CCN)CCN)CC1C[C@H]3O. The second-order valence-electron chi connectivity index (χ2n) is 14.9. The van der Waals surface area contributed by atoms with Crippen molar-refractivity contribution in [3.05, 3.63) is 0 Å². The maximum atomic E-state index is 12.2. The monoisotopic (exact) mass is 562 g/mol. The first kappa shape index (κ1) is 32.2. The molecule has 0 amide bonds. The molecule has 4 saturated carbocycles. The highest BCUT2D eigenvalue weighted by atomic mass is 16.5. The van der Waals surface area contributed by atoms with Crippen molar-refractivity contribution < 1.29 is 14.6 Å². The Labute approximate surface area is 244 Å². The van der Waals surface area contributed by atoms with Gasteiger partial charge in [0.25, 0.3) is 0 Å². The molecule has 0 aromatic carbocycles. The summed E-state index contributed by atoms with van der Waals surface area (Å²) in [6.45, 7) is 16.5. The van der Waals surface area contributed by atoms with Gasteiger partial charge in [-0.2, -0.15) is 0 Å². The molecule has 10 atom stereocenters. The summed E-state index contributed by atoms with van der Waals surface area (Å²) in [5, 5.41) is 15.6. The maximum Gasteiger partial charge on any atom is 0.306 e. The zero-order valence-electron chi connectivity index (χ0n) is 26.4. The van der Waals surface area contributed by atoms with Gasteiger partial charge < -0.3 is 26.6 Å². The van der Waals surface area contributed by atoms with Crippen LogP contribution >= 0.6 is 0 Å². The van der Waals surface area contributed by atoms with E-state index in [4.69, 9.17) is 16.2 Å². The summed E-state index contributed by atoms with van der Waals surface area (Å²) in [6, 6.07) is 0.549. The molecule has 0 aliphatic heterocycles. The largest absolute Gasteiger partial charge is 0.463 e. The number of nitrogens with one attached hydrogen (secondary N) is 1. The van der Waals surface area contributed by atoms with Gasteiger partial charge in [-0.1, -0.05) is 20.8 Å². The van der Waals surface area contributed by atoms with E-state index in [0.717, 1.165) is 39.0 Å². The minimum Gasteiger partial charge on any atom is -0.463 e. The third kappa shape index (κ3) is 6.74. The normalized spacial score (nSPS) is 40.0. The predicted molar refractivity (Wildman–Crippen MR) is 163 cm³/mol. The van der Waals surface area contributed by atoms with E-state index in [-0.39, 0.29) is 23.6 Å². The minimum absolute atomic E-state index is 0.0386. The van der Waals surface area contributed by atoms with Crippen LogP contribution in [0, 0.1) is 46.3 Å². The van der Waals surface area contributed by atoms with Gasteiger partial charge in [-0.05, 0) is 118 Å². The van der Waals surface area contributed by atoms with Crippen LogP contribution in [0.15, 0.2) is 0 Å². The van der Waals surface area contributed by atoms with Gasteiger partial charge in [-0.15, -0.1) is 0 Å². The smallest absolute Gasteiger partial charge is 0.306 e. The predicted octanol–water partition coefficient (Wildman–Crippen LogP) is 4.16. The zero-order chi connectivity index (χ0) is 29.1. The van der Waals surface area contributed by atoms with Gasteiger partial charge in [0.2, 0.25) is 0 Å². The Balaban J connectivity index is 1.35. The molecule has 6 N–H and O–H groups in total. The summed E-state index contributed by atoms with van der Waals surface area (Å²) in [4.78, 5) is 14.6. The number of nitrogens with two attached hydrogens (primary N) is 2. The number of esters is 1. The van der Waals surface area contributed by atoms with Crippen LogP contribution in [0.1, 0.15) is 98.8 Å². The van der Waals surface area contributed by atoms with Crippen molar-refractivity contribution in [2.75, 3.05) is 39.3 Å². The standard InChI is InChI=1S/C33H62N4O3/c1-22(2)40-30(39)9-6-23(3)26-7-8-27-31-28(11-13-33(26,27)5)32(4)12-10-25(20-24(32)21-29(31)38)36-16-19-37(17-14-34)18-15-35/h22-29,31,36,38H,6-21,34-35H2,1-5H3/t23-,24?,25+,26-,27?,28?,29-,31?,32+,33-/m1/s1. The maximum absolute atomic E-state index is 12.2. The number of carbonyl (C=O) groups excluding carboxylic acids is 1. The van der Waals surface area contributed by atoms with E-state index in [1.165, 1.54) is 44.9 Å². The van der Waals surface area contributed by atoms with E-state index in [1.54, 1.807) is 0 Å². The van der Waals surface area contributed by atoms with Gasteiger partial charge in [-0.3, -0.25) is 9.69 Å². The molecule has 4 aliphatic rings. The lowest BCUT2D eigenvalue weighted by Gasteiger charge is -2.62. The number of carbonyl (C=O) groups is 1. The van der Waals surface area contributed by atoms with Crippen molar-refractivity contribution in [3.8, 4) is 0 Å². The highest BCUT2D eigenvalue weighted by molar-refractivity contribution is 5.69. The van der Waals surface area contributed by atoms with Gasteiger partial charge in [-0.25, -0.2) is 0 Å². The molecule has 0 heterocycles. The summed E-state index contributed by atoms with van der Waals surface area (Å²) in [5.41, 5.74) is 12.2. The highest BCUT2D eigenvalue weighted by Gasteiger charge is 2.62. The average Bonchev–Trinajstić information content (AvgIpc) is 3.25. The molecular formula is C33H62N4O3. The lowest BCUT2D eigenvalue weighted by Crippen LogP contribution is -2.59. The Morgan fingerprint density at radius 1 is 0.975 bits per heavy atom. The number of aliphatic hydroxyl groups is 1. The van der Waals surface area contributed by atoms with Gasteiger partial charge in [0.05, 0.1) is 12.2 Å². The first-order valence-corrected chi connectivity index (χ1v) is 16.8. The third-order valence-electron chi connectivity index (χ3n) is 12.4. The molecule has 4 fully saturated rings. The number of nitrogens with zero attached hydrogens (tertiary/aromatic N) is 1. The summed E-state index contributed by atoms with van der Waals surface area (Å²) in [7, 11) is 0. The Bertz CT molecular complexity index is 820. The van der Waals surface area contributed by atoms with E-state index in [9.17, 15) is 9.90 Å². The number of ether oxygens (including phenoxy) is 1. The molecule has 4 unspecified atom stereocenters. The second-order valence-corrected chi connectivity index (χ2v) is 14.9. The number of hydrogen-bond acceptors (Lipinski definition) is 7. The molecule has 232 valence electrons. The second kappa shape index (κ2) is 13.7. The lowest BCUT2D eigenvalue weighted by atomic mass is 9.43. The number of rotatable bonds is 13. The quantitative estimate of drug-likeness (QED) is 0.249. The van der Waals surface area contributed by atoms with Crippen molar-refractivity contribution in [2.45, 2.75) is 117 Å². The molecule has 4 aliphatic carbocycles. The lowest BCUT2D eigenvalue weighted by molar-refractivity contribution is -0.167. The van der Waals surface area contributed by atoms with Gasteiger partial charge in [0.1, 0.15) is 0 Å². The van der Waals surface area contributed by atoms with Crippen LogP contribution in [0.5, 0.6) is 0 Å². The summed E-state index contributed by atoms with van der Waals surface area (Å²) >= 11 is 0. The topological polar surface area (TPSA) is 114 Å². The first-order chi connectivity index (χ1) is 19.0. The van der Waals surface area contributed by atoms with Crippen LogP contribution in [0.25, 0.3) is 0 Å². The summed E-state index contributed by atoms with van der Waals surface area (Å²) in [6.07, 6.45) is 10.9. The molecule has 4 rings (SSSR count). The number of aliphatic hydroxyl groups excluding tert-OH is 1. The number of hydrogen-bond donors (Lipinski definition) is 4. The highest BCUT2D eigenvalue weighted by Crippen LogP contribution is 2.68. The number of fused-ring (bicyclic) bond motifs is 5. The average molecular weight is 563 g/mol. The summed E-state index contributed by atoms with van der Waals surface area (Å²) in [5.74, 6) is 3.39.